The van der Waals surface area contributed by atoms with Gasteiger partial charge in [-0.2, -0.15) is 0 Å². The van der Waals surface area contributed by atoms with Crippen LogP contribution in [0.15, 0.2) is 48.7 Å². The molecule has 0 fully saturated rings. The van der Waals surface area contributed by atoms with Crippen molar-refractivity contribution in [1.29, 1.82) is 0 Å². The number of hydrogen-bond acceptors (Lipinski definition) is 2. The normalized spacial score (nSPS) is 10.6. The molecule has 0 saturated carbocycles. The number of aromatic nitrogens is 1. The Bertz CT molecular complexity index is 928. The molecule has 0 radical (unpaired) electrons. The van der Waals surface area contributed by atoms with Gasteiger partial charge >= 0.3 is 0 Å². The zero-order chi connectivity index (χ0) is 17.8. The third-order valence-electron chi connectivity index (χ3n) is 4.30. The number of rotatable bonds is 5. The van der Waals surface area contributed by atoms with Crippen molar-refractivity contribution in [2.75, 3.05) is 12.4 Å². The lowest BCUT2D eigenvalue weighted by Gasteiger charge is -2.10. The molecule has 0 bridgehead atoms. The van der Waals surface area contributed by atoms with Crippen molar-refractivity contribution in [3.63, 3.8) is 0 Å². The second kappa shape index (κ2) is 7.21. The first-order valence-corrected chi connectivity index (χ1v) is 8.26. The molecule has 3 aromatic rings. The topological polar surface area (TPSA) is 74.0 Å². The molecule has 0 atom stereocenters. The summed E-state index contributed by atoms with van der Waals surface area (Å²) in [5, 5.41) is 6.64. The SMILES string of the molecule is CNC(=O)c1ccc(C)c(NC(=O)CCc2c[nH]c3ccccc23)c1. The van der Waals surface area contributed by atoms with Crippen molar-refractivity contribution < 1.29 is 9.59 Å². The van der Waals surface area contributed by atoms with Crippen LogP contribution in [0, 0.1) is 6.92 Å². The number of aromatic amines is 1. The number of anilines is 1. The van der Waals surface area contributed by atoms with Gasteiger partial charge < -0.3 is 15.6 Å². The van der Waals surface area contributed by atoms with Gasteiger partial charge in [0.05, 0.1) is 0 Å². The zero-order valence-electron chi connectivity index (χ0n) is 14.3. The minimum atomic E-state index is -0.172. The van der Waals surface area contributed by atoms with Crippen LogP contribution < -0.4 is 10.6 Å². The van der Waals surface area contributed by atoms with Crippen LogP contribution in [0.5, 0.6) is 0 Å². The summed E-state index contributed by atoms with van der Waals surface area (Å²) in [4.78, 5) is 27.3. The van der Waals surface area contributed by atoms with Crippen molar-refractivity contribution in [2.45, 2.75) is 19.8 Å². The van der Waals surface area contributed by atoms with Gasteiger partial charge in [-0.25, -0.2) is 0 Å². The van der Waals surface area contributed by atoms with Crippen LogP contribution in [-0.2, 0) is 11.2 Å². The summed E-state index contributed by atoms with van der Waals surface area (Å²) in [5.41, 5.74) is 4.33. The quantitative estimate of drug-likeness (QED) is 0.668. The molecule has 1 aromatic heterocycles. The molecule has 128 valence electrons. The fraction of sp³-hybridized carbons (Fsp3) is 0.200. The average Bonchev–Trinajstić information content (AvgIpc) is 3.04. The summed E-state index contributed by atoms with van der Waals surface area (Å²) < 4.78 is 0. The number of carbonyl (C=O) groups is 2. The Morgan fingerprint density at radius 1 is 1.12 bits per heavy atom. The monoisotopic (exact) mass is 335 g/mol. The molecule has 3 N–H and O–H groups in total. The molecule has 5 heteroatoms. The van der Waals surface area contributed by atoms with Crippen LogP contribution in [0.4, 0.5) is 5.69 Å². The lowest BCUT2D eigenvalue weighted by molar-refractivity contribution is -0.116. The first kappa shape index (κ1) is 16.8. The fourth-order valence-corrected chi connectivity index (χ4v) is 2.84. The van der Waals surface area contributed by atoms with Crippen molar-refractivity contribution in [2.24, 2.45) is 0 Å². The van der Waals surface area contributed by atoms with Crippen LogP contribution in [0.25, 0.3) is 10.9 Å². The van der Waals surface area contributed by atoms with Gasteiger partial charge in [0.15, 0.2) is 0 Å². The third kappa shape index (κ3) is 3.71. The first-order valence-electron chi connectivity index (χ1n) is 8.26. The Hall–Kier alpha value is -3.08. The van der Waals surface area contributed by atoms with E-state index in [1.807, 2.05) is 37.4 Å². The summed E-state index contributed by atoms with van der Waals surface area (Å²) in [6, 6.07) is 13.3. The number of fused-ring (bicyclic) bond motifs is 1. The Morgan fingerprint density at radius 2 is 1.92 bits per heavy atom. The van der Waals surface area contributed by atoms with Gasteiger partial charge in [-0.05, 0) is 42.7 Å². The maximum atomic E-state index is 12.3. The highest BCUT2D eigenvalue weighted by Gasteiger charge is 2.10. The number of H-pyrrole nitrogens is 1. The molecule has 2 aromatic carbocycles. The third-order valence-corrected chi connectivity index (χ3v) is 4.30. The van der Waals surface area contributed by atoms with Crippen molar-refractivity contribution >= 4 is 28.4 Å². The Balaban J connectivity index is 1.67. The van der Waals surface area contributed by atoms with Gasteiger partial charge in [-0.1, -0.05) is 24.3 Å². The van der Waals surface area contributed by atoms with Gasteiger partial charge in [0.1, 0.15) is 0 Å². The predicted octanol–water partition coefficient (Wildman–Crippen LogP) is 3.41. The molecule has 0 spiro atoms. The number of aryl methyl sites for hydroxylation is 2. The summed E-state index contributed by atoms with van der Waals surface area (Å²) >= 11 is 0. The molecule has 1 heterocycles. The minimum absolute atomic E-state index is 0.0672. The largest absolute Gasteiger partial charge is 0.361 e. The highest BCUT2D eigenvalue weighted by molar-refractivity contribution is 5.97. The maximum Gasteiger partial charge on any atom is 0.251 e. The number of hydrogen-bond donors (Lipinski definition) is 3. The van der Waals surface area contributed by atoms with E-state index in [2.05, 4.69) is 21.7 Å². The summed E-state index contributed by atoms with van der Waals surface area (Å²) in [5.74, 6) is -0.239. The fourth-order valence-electron chi connectivity index (χ4n) is 2.84. The van der Waals surface area contributed by atoms with Gasteiger partial charge in [-0.3, -0.25) is 9.59 Å². The molecule has 2 amide bonds. The molecule has 0 aliphatic carbocycles. The molecule has 0 aliphatic heterocycles. The molecule has 0 unspecified atom stereocenters. The van der Waals surface area contributed by atoms with E-state index in [-0.39, 0.29) is 11.8 Å². The molecular formula is C20H21N3O2. The summed E-state index contributed by atoms with van der Waals surface area (Å²) in [7, 11) is 1.58. The Labute approximate surface area is 146 Å². The van der Waals surface area contributed by atoms with Gasteiger partial charge in [0.2, 0.25) is 5.91 Å². The van der Waals surface area contributed by atoms with E-state index in [4.69, 9.17) is 0 Å². The minimum Gasteiger partial charge on any atom is -0.361 e. The van der Waals surface area contributed by atoms with E-state index in [1.54, 1.807) is 19.2 Å². The molecule has 0 saturated heterocycles. The van der Waals surface area contributed by atoms with Gasteiger partial charge in [0, 0.05) is 41.8 Å². The van der Waals surface area contributed by atoms with E-state index in [1.165, 1.54) is 0 Å². The second-order valence-corrected chi connectivity index (χ2v) is 6.02. The average molecular weight is 335 g/mol. The molecular weight excluding hydrogens is 314 g/mol. The molecule has 5 nitrogen and oxygen atoms in total. The van der Waals surface area contributed by atoms with E-state index < -0.39 is 0 Å². The maximum absolute atomic E-state index is 12.3. The summed E-state index contributed by atoms with van der Waals surface area (Å²) in [6.45, 7) is 1.91. The van der Waals surface area contributed by atoms with Crippen molar-refractivity contribution in [1.82, 2.24) is 10.3 Å². The van der Waals surface area contributed by atoms with Crippen LogP contribution in [0.1, 0.15) is 27.9 Å². The van der Waals surface area contributed by atoms with Crippen LogP contribution in [0.2, 0.25) is 0 Å². The number of para-hydroxylation sites is 1. The van der Waals surface area contributed by atoms with Crippen LogP contribution in [-0.4, -0.2) is 23.8 Å². The Kier molecular flexibility index (Phi) is 4.84. The highest BCUT2D eigenvalue weighted by Crippen LogP contribution is 2.20. The molecule has 25 heavy (non-hydrogen) atoms. The molecule has 0 aliphatic rings. The van der Waals surface area contributed by atoms with Crippen molar-refractivity contribution in [3.05, 3.63) is 65.4 Å². The zero-order valence-corrected chi connectivity index (χ0v) is 14.3. The van der Waals surface area contributed by atoms with E-state index in [9.17, 15) is 9.59 Å². The lowest BCUT2D eigenvalue weighted by atomic mass is 10.1. The van der Waals surface area contributed by atoms with E-state index >= 15 is 0 Å². The van der Waals surface area contributed by atoms with E-state index in [0.717, 1.165) is 22.0 Å². The number of carbonyl (C=O) groups excluding carboxylic acids is 2. The second-order valence-electron chi connectivity index (χ2n) is 6.02. The number of amides is 2. The number of benzene rings is 2. The highest BCUT2D eigenvalue weighted by atomic mass is 16.2. The van der Waals surface area contributed by atoms with Crippen LogP contribution >= 0.6 is 0 Å². The van der Waals surface area contributed by atoms with Gasteiger partial charge in [-0.15, -0.1) is 0 Å². The lowest BCUT2D eigenvalue weighted by Crippen LogP contribution is -2.19. The summed E-state index contributed by atoms with van der Waals surface area (Å²) in [6.07, 6.45) is 2.99. The van der Waals surface area contributed by atoms with Crippen molar-refractivity contribution in [3.8, 4) is 0 Å². The Morgan fingerprint density at radius 3 is 2.72 bits per heavy atom. The van der Waals surface area contributed by atoms with Gasteiger partial charge in [0.25, 0.3) is 5.91 Å². The standard InChI is InChI=1S/C20H21N3O2/c1-13-7-8-14(20(25)21-2)11-18(13)23-19(24)10-9-15-12-22-17-6-4-3-5-16(15)17/h3-8,11-12,22H,9-10H2,1-2H3,(H,21,25)(H,23,24). The van der Waals surface area contributed by atoms with Crippen LogP contribution in [0.3, 0.4) is 0 Å². The van der Waals surface area contributed by atoms with E-state index in [0.29, 0.717) is 24.1 Å². The predicted molar refractivity (Wildman–Crippen MR) is 99.8 cm³/mol. The first-order chi connectivity index (χ1) is 12.1. The smallest absolute Gasteiger partial charge is 0.251 e. The number of nitrogens with one attached hydrogen (secondary N) is 3. The molecule has 3 rings (SSSR count).